The molecule has 6 N–H and O–H groups in total. The molecule has 2 heterocycles. The second-order valence-corrected chi connectivity index (χ2v) is 7.38. The third kappa shape index (κ3) is 5.79. The number of rotatable bonds is 10. The highest BCUT2D eigenvalue weighted by molar-refractivity contribution is 5.86. The average Bonchev–Trinajstić information content (AvgIpc) is 2.80. The molecule has 178 valence electrons. The van der Waals surface area contributed by atoms with Gasteiger partial charge in [-0.25, -0.2) is 14.8 Å². The molecule has 0 aromatic carbocycles. The van der Waals surface area contributed by atoms with Gasteiger partial charge >= 0.3 is 11.9 Å². The Bertz CT molecular complexity index is 1250. The summed E-state index contributed by atoms with van der Waals surface area (Å²) in [5.41, 5.74) is 5.73. The third-order valence-electron chi connectivity index (χ3n) is 4.96. The Morgan fingerprint density at radius 3 is 2.71 bits per heavy atom. The van der Waals surface area contributed by atoms with Crippen molar-refractivity contribution in [2.75, 3.05) is 5.73 Å². The highest BCUT2D eigenvalue weighted by Crippen LogP contribution is 2.20. The van der Waals surface area contributed by atoms with Gasteiger partial charge in [-0.2, -0.15) is 4.98 Å². The minimum absolute atomic E-state index is 0.0143. The Labute approximate surface area is 191 Å². The molecule has 2 aromatic heterocycles. The van der Waals surface area contributed by atoms with Gasteiger partial charge in [0.05, 0.1) is 24.4 Å². The van der Waals surface area contributed by atoms with Crippen molar-refractivity contribution in [1.82, 2.24) is 30.2 Å². The van der Waals surface area contributed by atoms with Crippen molar-refractivity contribution in [1.29, 1.82) is 0 Å². The number of aromatic amines is 1. The fraction of sp³-hybridized carbons (Fsp3) is 0.300. The van der Waals surface area contributed by atoms with Crippen LogP contribution in [-0.4, -0.2) is 65.3 Å². The first-order chi connectivity index (χ1) is 16.2. The van der Waals surface area contributed by atoms with Crippen LogP contribution in [0.5, 0.6) is 0 Å². The van der Waals surface area contributed by atoms with Gasteiger partial charge in [0.1, 0.15) is 6.04 Å². The first-order valence-corrected chi connectivity index (χ1v) is 10.0. The summed E-state index contributed by atoms with van der Waals surface area (Å²) in [6.45, 7) is -0.0143. The van der Waals surface area contributed by atoms with Gasteiger partial charge in [0.2, 0.25) is 18.3 Å². The average molecular weight is 471 g/mol. The number of amides is 2. The zero-order valence-corrected chi connectivity index (χ0v) is 17.7. The Kier molecular flexibility index (Phi) is 7.30. The molecule has 1 aliphatic carbocycles. The summed E-state index contributed by atoms with van der Waals surface area (Å²) in [7, 11) is 0. The second-order valence-electron chi connectivity index (χ2n) is 7.38. The van der Waals surface area contributed by atoms with E-state index in [2.05, 4.69) is 25.3 Å². The van der Waals surface area contributed by atoms with E-state index in [1.165, 1.54) is 23.2 Å². The van der Waals surface area contributed by atoms with Gasteiger partial charge in [-0.05, 0) is 18.9 Å². The van der Waals surface area contributed by atoms with Crippen molar-refractivity contribution in [2.45, 2.75) is 31.8 Å². The molecule has 0 spiro atoms. The van der Waals surface area contributed by atoms with E-state index in [4.69, 9.17) is 10.8 Å². The molecule has 2 amide bonds. The van der Waals surface area contributed by atoms with Crippen LogP contribution in [0.3, 0.4) is 0 Å². The lowest BCUT2D eigenvalue weighted by atomic mass is 9.97. The molecule has 14 heteroatoms. The number of anilines is 1. The van der Waals surface area contributed by atoms with Gasteiger partial charge in [-0.3, -0.25) is 24.2 Å². The smallest absolute Gasteiger partial charge is 0.326 e. The molecule has 0 bridgehead atoms. The number of carboxylic acid groups (broad SMARTS) is 2. The molecular weight excluding hydrogens is 450 g/mol. The van der Waals surface area contributed by atoms with Gasteiger partial charge in [0.15, 0.2) is 11.2 Å². The molecule has 0 saturated carbocycles. The quantitative estimate of drug-likeness (QED) is 0.268. The molecule has 0 aliphatic heterocycles. The highest BCUT2D eigenvalue weighted by Gasteiger charge is 2.26. The molecular formula is C20H21N7O7. The van der Waals surface area contributed by atoms with E-state index in [0.717, 1.165) is 0 Å². The summed E-state index contributed by atoms with van der Waals surface area (Å²) in [5.74, 6) is -3.86. The molecule has 3 rings (SSSR count). The van der Waals surface area contributed by atoms with Crippen LogP contribution in [-0.2, 0) is 25.7 Å². The number of nitrogens with two attached hydrogens (primary N) is 1. The summed E-state index contributed by atoms with van der Waals surface area (Å²) < 4.78 is 0. The Hall–Kier alpha value is -4.62. The number of fused-ring (bicyclic) bond motifs is 1. The van der Waals surface area contributed by atoms with Crippen molar-refractivity contribution < 1.29 is 29.4 Å². The molecule has 0 saturated heterocycles. The standard InChI is InChI=1S/C20H21N7O7/c21-20-25-16-15(18(32)26-20)23-11(7-22-16)8-27(9-28)12-3-1-10(2-4-12)17(31)24-13(19(33)34)5-6-14(29)30/h1,3-4,7,9-10,13H,2,5-6,8H2,(H,24,31)(H,29,30)(H,33,34)(H3,21,22,25,26,32)/t10?,13-/m0/s1. The van der Waals surface area contributed by atoms with Crippen LogP contribution in [0.2, 0.25) is 0 Å². The summed E-state index contributed by atoms with van der Waals surface area (Å²) in [4.78, 5) is 73.8. The van der Waals surface area contributed by atoms with Gasteiger partial charge in [-0.1, -0.05) is 12.2 Å². The summed E-state index contributed by atoms with van der Waals surface area (Å²) in [6, 6.07) is -1.33. The third-order valence-corrected chi connectivity index (χ3v) is 4.96. The lowest BCUT2D eigenvalue weighted by Gasteiger charge is -2.23. The number of aliphatic carboxylic acids is 2. The summed E-state index contributed by atoms with van der Waals surface area (Å²) in [6.07, 6.45) is 6.11. The number of carboxylic acids is 2. The number of carbonyl (C=O) groups excluding carboxylic acids is 2. The largest absolute Gasteiger partial charge is 0.481 e. The molecule has 14 nitrogen and oxygen atoms in total. The van der Waals surface area contributed by atoms with E-state index in [1.807, 2.05) is 0 Å². The molecule has 2 aromatic rings. The van der Waals surface area contributed by atoms with Crippen molar-refractivity contribution in [3.05, 3.63) is 46.2 Å². The predicted octanol–water partition coefficient (Wildman–Crippen LogP) is -0.852. The number of hydrogen-bond acceptors (Lipinski definition) is 9. The van der Waals surface area contributed by atoms with Crippen LogP contribution >= 0.6 is 0 Å². The van der Waals surface area contributed by atoms with E-state index in [-0.39, 0.29) is 36.5 Å². The van der Waals surface area contributed by atoms with Crippen LogP contribution < -0.4 is 16.6 Å². The molecule has 0 radical (unpaired) electrons. The van der Waals surface area contributed by atoms with E-state index < -0.39 is 41.8 Å². The zero-order chi connectivity index (χ0) is 24.8. The van der Waals surface area contributed by atoms with Crippen molar-refractivity contribution in [3.63, 3.8) is 0 Å². The number of nitrogens with zero attached hydrogens (tertiary/aromatic N) is 4. The molecule has 1 unspecified atom stereocenters. The van der Waals surface area contributed by atoms with Gasteiger partial charge in [-0.15, -0.1) is 0 Å². The van der Waals surface area contributed by atoms with Crippen molar-refractivity contribution in [2.24, 2.45) is 5.92 Å². The van der Waals surface area contributed by atoms with Crippen LogP contribution in [0, 0.1) is 5.92 Å². The van der Waals surface area contributed by atoms with E-state index in [0.29, 0.717) is 17.8 Å². The van der Waals surface area contributed by atoms with Gasteiger partial charge in [0.25, 0.3) is 5.56 Å². The van der Waals surface area contributed by atoms with Crippen LogP contribution in [0.4, 0.5) is 5.95 Å². The predicted molar refractivity (Wildman–Crippen MR) is 116 cm³/mol. The van der Waals surface area contributed by atoms with Crippen LogP contribution in [0.25, 0.3) is 11.2 Å². The lowest BCUT2D eigenvalue weighted by molar-refractivity contribution is -0.143. The lowest BCUT2D eigenvalue weighted by Crippen LogP contribution is -2.43. The molecule has 0 fully saturated rings. The van der Waals surface area contributed by atoms with E-state index in [1.54, 1.807) is 6.08 Å². The van der Waals surface area contributed by atoms with E-state index >= 15 is 0 Å². The Balaban J connectivity index is 1.66. The van der Waals surface area contributed by atoms with Gasteiger partial charge < -0.3 is 26.2 Å². The number of H-pyrrole nitrogens is 1. The SMILES string of the molecule is Nc1nc2ncc(CN(C=O)C3=CCC(C(=O)N[C@@H](CCC(=O)O)C(=O)O)C=C3)nc2c(=O)[nH]1. The minimum Gasteiger partial charge on any atom is -0.481 e. The summed E-state index contributed by atoms with van der Waals surface area (Å²) >= 11 is 0. The minimum atomic E-state index is -1.33. The Morgan fingerprint density at radius 1 is 1.32 bits per heavy atom. The maximum absolute atomic E-state index is 12.4. The molecule has 1 aliphatic rings. The number of hydrogen-bond donors (Lipinski definition) is 5. The van der Waals surface area contributed by atoms with Crippen LogP contribution in [0.1, 0.15) is 25.0 Å². The number of aromatic nitrogens is 4. The number of nitrogen functional groups attached to an aromatic ring is 1. The monoisotopic (exact) mass is 471 g/mol. The van der Waals surface area contributed by atoms with E-state index in [9.17, 15) is 29.1 Å². The first-order valence-electron chi connectivity index (χ1n) is 10.0. The molecule has 34 heavy (non-hydrogen) atoms. The maximum Gasteiger partial charge on any atom is 0.326 e. The number of carbonyl (C=O) groups is 4. The zero-order valence-electron chi connectivity index (χ0n) is 17.7. The normalized spacial score (nSPS) is 15.9. The van der Waals surface area contributed by atoms with Crippen molar-refractivity contribution >= 4 is 41.4 Å². The fourth-order valence-electron chi connectivity index (χ4n) is 3.23. The fourth-order valence-corrected chi connectivity index (χ4v) is 3.23. The molecule has 2 atom stereocenters. The van der Waals surface area contributed by atoms with Gasteiger partial charge in [0, 0.05) is 12.1 Å². The number of allylic oxidation sites excluding steroid dienone is 2. The first kappa shape index (κ1) is 24.0. The van der Waals surface area contributed by atoms with Crippen molar-refractivity contribution in [3.8, 4) is 0 Å². The van der Waals surface area contributed by atoms with Crippen LogP contribution in [0.15, 0.2) is 34.9 Å². The summed E-state index contributed by atoms with van der Waals surface area (Å²) in [5, 5.41) is 20.2. The maximum atomic E-state index is 12.4. The topological polar surface area (TPSA) is 222 Å². The number of nitrogens with one attached hydrogen (secondary N) is 2. The highest BCUT2D eigenvalue weighted by atomic mass is 16.4. The second kappa shape index (κ2) is 10.3. The Morgan fingerprint density at radius 2 is 2.09 bits per heavy atom.